The normalized spacial score (nSPS) is 9.00. The molecule has 0 saturated carbocycles. The molecule has 0 aliphatic rings. The first-order valence-corrected chi connectivity index (χ1v) is 3.59. The highest BCUT2D eigenvalue weighted by molar-refractivity contribution is 5.49. The van der Waals surface area contributed by atoms with Crippen LogP contribution in [0.15, 0.2) is 30.3 Å². The van der Waals surface area contributed by atoms with Gasteiger partial charge in [0, 0.05) is 7.11 Å². The molecule has 0 aliphatic carbocycles. The molecule has 0 aliphatic heterocycles. The lowest BCUT2D eigenvalue weighted by Gasteiger charge is -2.13. The Hall–Kier alpha value is -1.53. The summed E-state index contributed by atoms with van der Waals surface area (Å²) < 4.78 is 4.85. The monoisotopic (exact) mass is 162 g/mol. The van der Waals surface area contributed by atoms with Gasteiger partial charge in [-0.05, 0) is 12.1 Å². The van der Waals surface area contributed by atoms with Crippen molar-refractivity contribution >= 4 is 5.69 Å². The van der Waals surface area contributed by atoms with E-state index in [9.17, 15) is 0 Å². The third-order valence-corrected chi connectivity index (χ3v) is 1.45. The molecular weight excluding hydrogens is 152 g/mol. The van der Waals surface area contributed by atoms with Gasteiger partial charge in [-0.15, -0.1) is 0 Å². The van der Waals surface area contributed by atoms with Crippen LogP contribution >= 0.6 is 0 Å². The van der Waals surface area contributed by atoms with E-state index in [1.165, 1.54) is 4.90 Å². The summed E-state index contributed by atoms with van der Waals surface area (Å²) in [6, 6.07) is 9.40. The van der Waals surface area contributed by atoms with Gasteiger partial charge in [0.2, 0.25) is 0 Å². The minimum absolute atomic E-state index is 0.292. The molecule has 0 saturated heterocycles. The average molecular weight is 162 g/mol. The fourth-order valence-electron chi connectivity index (χ4n) is 0.898. The molecule has 1 aromatic rings. The lowest BCUT2D eigenvalue weighted by atomic mass is 10.3. The second-order valence-corrected chi connectivity index (χ2v) is 2.28. The number of nitriles is 1. The number of rotatable bonds is 3. The number of benzene rings is 1. The van der Waals surface area contributed by atoms with Crippen LogP contribution in [0, 0.1) is 11.5 Å². The van der Waals surface area contributed by atoms with Crippen molar-refractivity contribution in [3.8, 4) is 6.19 Å². The van der Waals surface area contributed by atoms with Gasteiger partial charge in [0.25, 0.3) is 0 Å². The number of para-hydroxylation sites is 1. The SMILES string of the molecule is COCN(C#N)c1ccccc1. The fourth-order valence-corrected chi connectivity index (χ4v) is 0.898. The summed E-state index contributed by atoms with van der Waals surface area (Å²) in [6.07, 6.45) is 2.03. The number of hydrogen-bond acceptors (Lipinski definition) is 3. The number of anilines is 1. The van der Waals surface area contributed by atoms with Crippen LogP contribution in [0.1, 0.15) is 0 Å². The van der Waals surface area contributed by atoms with E-state index in [0.29, 0.717) is 6.73 Å². The van der Waals surface area contributed by atoms with Crippen LogP contribution in [-0.2, 0) is 4.74 Å². The van der Waals surface area contributed by atoms with Crippen LogP contribution in [0.5, 0.6) is 0 Å². The first-order chi connectivity index (χ1) is 5.88. The lowest BCUT2D eigenvalue weighted by Crippen LogP contribution is -2.18. The van der Waals surface area contributed by atoms with Gasteiger partial charge < -0.3 is 4.74 Å². The van der Waals surface area contributed by atoms with Crippen LogP contribution in [0.25, 0.3) is 0 Å². The molecule has 0 amide bonds. The first kappa shape index (κ1) is 8.57. The van der Waals surface area contributed by atoms with E-state index in [1.54, 1.807) is 7.11 Å². The van der Waals surface area contributed by atoms with E-state index >= 15 is 0 Å². The molecule has 0 heterocycles. The topological polar surface area (TPSA) is 36.3 Å². The van der Waals surface area contributed by atoms with Crippen molar-refractivity contribution in [3.63, 3.8) is 0 Å². The van der Waals surface area contributed by atoms with Gasteiger partial charge in [-0.3, -0.25) is 4.90 Å². The molecule has 0 aromatic heterocycles. The van der Waals surface area contributed by atoms with Gasteiger partial charge in [0.05, 0.1) is 5.69 Å². The molecule has 0 unspecified atom stereocenters. The maximum Gasteiger partial charge on any atom is 0.186 e. The third kappa shape index (κ3) is 1.97. The molecule has 0 N–H and O–H groups in total. The van der Waals surface area contributed by atoms with Crippen LogP contribution in [0.4, 0.5) is 5.69 Å². The van der Waals surface area contributed by atoms with E-state index in [4.69, 9.17) is 10.00 Å². The van der Waals surface area contributed by atoms with Gasteiger partial charge in [-0.1, -0.05) is 18.2 Å². The van der Waals surface area contributed by atoms with Crippen LogP contribution in [-0.4, -0.2) is 13.8 Å². The average Bonchev–Trinajstić information content (AvgIpc) is 2.15. The molecule has 3 heteroatoms. The molecule has 0 fully saturated rings. The molecular formula is C9H10N2O. The molecule has 0 atom stereocenters. The maximum atomic E-state index is 8.71. The Morgan fingerprint density at radius 1 is 1.42 bits per heavy atom. The highest BCUT2D eigenvalue weighted by Gasteiger charge is 2.01. The Kier molecular flexibility index (Phi) is 3.12. The fraction of sp³-hybridized carbons (Fsp3) is 0.222. The molecule has 3 nitrogen and oxygen atoms in total. The summed E-state index contributed by atoms with van der Waals surface area (Å²) in [7, 11) is 1.56. The molecule has 1 aromatic carbocycles. The van der Waals surface area contributed by atoms with E-state index < -0.39 is 0 Å². The summed E-state index contributed by atoms with van der Waals surface area (Å²) in [5.41, 5.74) is 0.849. The zero-order valence-electron chi connectivity index (χ0n) is 6.90. The van der Waals surface area contributed by atoms with Gasteiger partial charge >= 0.3 is 0 Å². The van der Waals surface area contributed by atoms with Gasteiger partial charge in [0.15, 0.2) is 6.19 Å². The summed E-state index contributed by atoms with van der Waals surface area (Å²) >= 11 is 0. The Morgan fingerprint density at radius 2 is 2.08 bits per heavy atom. The third-order valence-electron chi connectivity index (χ3n) is 1.45. The van der Waals surface area contributed by atoms with Crippen molar-refractivity contribution < 1.29 is 4.74 Å². The van der Waals surface area contributed by atoms with Crippen molar-refractivity contribution in [3.05, 3.63) is 30.3 Å². The second-order valence-electron chi connectivity index (χ2n) is 2.28. The largest absolute Gasteiger partial charge is 0.363 e. The van der Waals surface area contributed by atoms with Crippen molar-refractivity contribution in [2.75, 3.05) is 18.7 Å². The van der Waals surface area contributed by atoms with Gasteiger partial charge in [-0.2, -0.15) is 5.26 Å². The quantitative estimate of drug-likeness (QED) is 0.384. The molecule has 1 rings (SSSR count). The van der Waals surface area contributed by atoms with E-state index in [-0.39, 0.29) is 0 Å². The van der Waals surface area contributed by atoms with E-state index in [0.717, 1.165) is 5.69 Å². The van der Waals surface area contributed by atoms with Crippen LogP contribution in [0.3, 0.4) is 0 Å². The minimum Gasteiger partial charge on any atom is -0.363 e. The van der Waals surface area contributed by atoms with Crippen LogP contribution in [0.2, 0.25) is 0 Å². The standard InChI is InChI=1S/C9H10N2O/c1-12-8-11(7-10)9-5-3-2-4-6-9/h2-6H,8H2,1H3. The van der Waals surface area contributed by atoms with Gasteiger partial charge in [-0.25, -0.2) is 0 Å². The Balaban J connectivity index is 2.75. The number of hydrogen-bond donors (Lipinski definition) is 0. The van der Waals surface area contributed by atoms with Crippen LogP contribution < -0.4 is 4.90 Å². The summed E-state index contributed by atoms with van der Waals surface area (Å²) in [5.74, 6) is 0. The Bertz CT molecular complexity index is 266. The molecule has 0 radical (unpaired) electrons. The first-order valence-electron chi connectivity index (χ1n) is 3.59. The van der Waals surface area contributed by atoms with Crippen molar-refractivity contribution in [1.29, 1.82) is 5.26 Å². The summed E-state index contributed by atoms with van der Waals surface area (Å²) in [4.78, 5) is 1.47. The number of ether oxygens (including phenoxy) is 1. The van der Waals surface area contributed by atoms with Gasteiger partial charge in [0.1, 0.15) is 6.73 Å². The molecule has 0 spiro atoms. The maximum absolute atomic E-state index is 8.71. The zero-order valence-corrected chi connectivity index (χ0v) is 6.90. The number of methoxy groups -OCH3 is 1. The van der Waals surface area contributed by atoms with E-state index in [2.05, 4.69) is 0 Å². The lowest BCUT2D eigenvalue weighted by molar-refractivity contribution is 0.206. The Labute approximate surface area is 71.8 Å². The van der Waals surface area contributed by atoms with Crippen molar-refractivity contribution in [2.45, 2.75) is 0 Å². The molecule has 62 valence electrons. The predicted molar refractivity (Wildman–Crippen MR) is 46.4 cm³/mol. The van der Waals surface area contributed by atoms with E-state index in [1.807, 2.05) is 36.5 Å². The highest BCUT2D eigenvalue weighted by atomic mass is 16.5. The smallest absolute Gasteiger partial charge is 0.186 e. The molecule has 0 bridgehead atoms. The minimum atomic E-state index is 0.292. The Morgan fingerprint density at radius 3 is 2.58 bits per heavy atom. The van der Waals surface area contributed by atoms with Crippen molar-refractivity contribution in [2.24, 2.45) is 0 Å². The second kappa shape index (κ2) is 4.37. The zero-order chi connectivity index (χ0) is 8.81. The number of nitrogens with zero attached hydrogens (tertiary/aromatic N) is 2. The highest BCUT2D eigenvalue weighted by Crippen LogP contribution is 2.10. The van der Waals surface area contributed by atoms with Crippen molar-refractivity contribution in [1.82, 2.24) is 0 Å². The molecule has 12 heavy (non-hydrogen) atoms. The summed E-state index contributed by atoms with van der Waals surface area (Å²) in [6.45, 7) is 0.292. The summed E-state index contributed by atoms with van der Waals surface area (Å²) in [5, 5.41) is 8.71. The predicted octanol–water partition coefficient (Wildman–Crippen LogP) is 1.58.